The Bertz CT molecular complexity index is 407. The lowest BCUT2D eigenvalue weighted by molar-refractivity contribution is -0.287. The third-order valence-electron chi connectivity index (χ3n) is 4.53. The van der Waals surface area contributed by atoms with Crippen LogP contribution in [0.15, 0.2) is 24.1 Å². The highest BCUT2D eigenvalue weighted by molar-refractivity contribution is 4.98. The van der Waals surface area contributed by atoms with E-state index >= 15 is 0 Å². The van der Waals surface area contributed by atoms with Crippen molar-refractivity contribution < 1.29 is 23.3 Å². The first-order valence-corrected chi connectivity index (χ1v) is 8.20. The van der Waals surface area contributed by atoms with E-state index < -0.39 is 0 Å². The average molecular weight is 312 g/mol. The maximum Gasteiger partial charge on any atom is 0.164 e. The highest BCUT2D eigenvalue weighted by Gasteiger charge is 2.36. The second kappa shape index (κ2) is 7.68. The standard InChI is InChI=1S/C17H25FO4/c1-2-3-12-8-19-17(20-9-12)14-10-21-16(22-11-14)13-4-6-15(18)7-5-13/h2-3,6,12-14,16-17H,4-5,7-11H2,1H3. The maximum atomic E-state index is 13.1. The summed E-state index contributed by atoms with van der Waals surface area (Å²) in [7, 11) is 0. The molecule has 2 heterocycles. The molecule has 2 saturated heterocycles. The summed E-state index contributed by atoms with van der Waals surface area (Å²) in [5.41, 5.74) is 0. The van der Waals surface area contributed by atoms with Crippen molar-refractivity contribution in [3.05, 3.63) is 24.1 Å². The van der Waals surface area contributed by atoms with Crippen molar-refractivity contribution in [3.63, 3.8) is 0 Å². The van der Waals surface area contributed by atoms with Crippen molar-refractivity contribution >= 4 is 0 Å². The summed E-state index contributed by atoms with van der Waals surface area (Å²) in [5.74, 6) is 0.694. The van der Waals surface area contributed by atoms with Crippen LogP contribution in [0.2, 0.25) is 0 Å². The molecule has 0 spiro atoms. The fourth-order valence-electron chi connectivity index (χ4n) is 3.22. The van der Waals surface area contributed by atoms with E-state index in [2.05, 4.69) is 6.08 Å². The van der Waals surface area contributed by atoms with Crippen molar-refractivity contribution in [1.82, 2.24) is 0 Å². The lowest BCUT2D eigenvalue weighted by Gasteiger charge is -2.39. The fraction of sp³-hybridized carbons (Fsp3) is 0.765. The minimum atomic E-state index is -0.244. The first-order valence-electron chi connectivity index (χ1n) is 8.20. The van der Waals surface area contributed by atoms with Crippen LogP contribution in [0.1, 0.15) is 26.2 Å². The van der Waals surface area contributed by atoms with Gasteiger partial charge in [0.25, 0.3) is 0 Å². The molecule has 0 radical (unpaired) electrons. The lowest BCUT2D eigenvalue weighted by Crippen LogP contribution is -2.46. The van der Waals surface area contributed by atoms with Crippen LogP contribution < -0.4 is 0 Å². The van der Waals surface area contributed by atoms with Gasteiger partial charge in [-0.15, -0.1) is 0 Å². The molecule has 0 bridgehead atoms. The van der Waals surface area contributed by atoms with Crippen LogP contribution >= 0.6 is 0 Å². The molecule has 0 aromatic rings. The summed E-state index contributed by atoms with van der Waals surface area (Å²) in [5, 5.41) is 0. The molecule has 5 heteroatoms. The molecule has 22 heavy (non-hydrogen) atoms. The first kappa shape index (κ1) is 16.1. The lowest BCUT2D eigenvalue weighted by atomic mass is 9.92. The van der Waals surface area contributed by atoms with Crippen LogP contribution in [0.4, 0.5) is 4.39 Å². The molecular weight excluding hydrogens is 287 g/mol. The van der Waals surface area contributed by atoms with Crippen LogP contribution in [-0.2, 0) is 18.9 Å². The summed E-state index contributed by atoms with van der Waals surface area (Å²) in [4.78, 5) is 0. The largest absolute Gasteiger partial charge is 0.352 e. The molecule has 0 N–H and O–H groups in total. The third-order valence-corrected chi connectivity index (χ3v) is 4.53. The number of halogens is 1. The normalized spacial score (nSPS) is 40.6. The molecule has 3 rings (SSSR count). The average Bonchev–Trinajstić information content (AvgIpc) is 2.57. The van der Waals surface area contributed by atoms with Gasteiger partial charge in [0.05, 0.1) is 38.2 Å². The highest BCUT2D eigenvalue weighted by Crippen LogP contribution is 2.32. The van der Waals surface area contributed by atoms with Gasteiger partial charge in [-0.25, -0.2) is 4.39 Å². The predicted molar refractivity (Wildman–Crippen MR) is 79.7 cm³/mol. The van der Waals surface area contributed by atoms with Gasteiger partial charge in [0, 0.05) is 11.8 Å². The topological polar surface area (TPSA) is 36.9 Å². The number of ether oxygens (including phenoxy) is 4. The summed E-state index contributed by atoms with van der Waals surface area (Å²) >= 11 is 0. The van der Waals surface area contributed by atoms with E-state index in [0.29, 0.717) is 45.2 Å². The molecule has 2 aliphatic heterocycles. The number of hydrogen-bond donors (Lipinski definition) is 0. The third kappa shape index (κ3) is 3.96. The van der Waals surface area contributed by atoms with Gasteiger partial charge in [0.15, 0.2) is 12.6 Å². The molecule has 2 fully saturated rings. The van der Waals surface area contributed by atoms with E-state index in [9.17, 15) is 4.39 Å². The van der Waals surface area contributed by atoms with Gasteiger partial charge < -0.3 is 18.9 Å². The second-order valence-electron chi connectivity index (χ2n) is 6.30. The van der Waals surface area contributed by atoms with Crippen LogP contribution in [0.3, 0.4) is 0 Å². The first-order chi connectivity index (χ1) is 10.8. The Labute approximate surface area is 131 Å². The minimum absolute atomic E-state index is 0.00961. The molecule has 124 valence electrons. The van der Waals surface area contributed by atoms with Crippen LogP contribution in [0, 0.1) is 17.8 Å². The Hall–Kier alpha value is -0.750. The molecule has 4 nitrogen and oxygen atoms in total. The zero-order valence-electron chi connectivity index (χ0n) is 13.1. The van der Waals surface area contributed by atoms with E-state index in [-0.39, 0.29) is 30.2 Å². The highest BCUT2D eigenvalue weighted by atomic mass is 19.1. The van der Waals surface area contributed by atoms with Crippen LogP contribution in [0.5, 0.6) is 0 Å². The number of hydrogen-bond acceptors (Lipinski definition) is 4. The maximum absolute atomic E-state index is 13.1. The van der Waals surface area contributed by atoms with Gasteiger partial charge in [-0.1, -0.05) is 18.2 Å². The van der Waals surface area contributed by atoms with Crippen LogP contribution in [0.25, 0.3) is 0 Å². The van der Waals surface area contributed by atoms with E-state index in [4.69, 9.17) is 18.9 Å². The minimum Gasteiger partial charge on any atom is -0.352 e. The van der Waals surface area contributed by atoms with Crippen molar-refractivity contribution in [1.29, 1.82) is 0 Å². The Morgan fingerprint density at radius 2 is 1.64 bits per heavy atom. The fourth-order valence-corrected chi connectivity index (χ4v) is 3.22. The quantitative estimate of drug-likeness (QED) is 0.750. The Balaban J connectivity index is 1.42. The predicted octanol–water partition coefficient (Wildman–Crippen LogP) is 3.19. The summed E-state index contributed by atoms with van der Waals surface area (Å²) < 4.78 is 36.3. The SMILES string of the molecule is CC=CC1COC(C2COC(C3CC=C(F)CC3)OC2)OC1. The summed E-state index contributed by atoms with van der Waals surface area (Å²) in [6, 6.07) is 0. The molecule has 1 atom stereocenters. The number of rotatable bonds is 3. The molecule has 0 amide bonds. The van der Waals surface area contributed by atoms with Crippen LogP contribution in [-0.4, -0.2) is 39.0 Å². The van der Waals surface area contributed by atoms with Crippen molar-refractivity contribution in [3.8, 4) is 0 Å². The molecular formula is C17H25FO4. The van der Waals surface area contributed by atoms with Gasteiger partial charge in [-0.05, 0) is 26.2 Å². The molecule has 0 aromatic carbocycles. The Morgan fingerprint density at radius 3 is 2.23 bits per heavy atom. The van der Waals surface area contributed by atoms with E-state index in [1.807, 2.05) is 13.0 Å². The van der Waals surface area contributed by atoms with Gasteiger partial charge in [0.1, 0.15) is 0 Å². The molecule has 1 unspecified atom stereocenters. The monoisotopic (exact) mass is 312 g/mol. The smallest absolute Gasteiger partial charge is 0.164 e. The zero-order valence-corrected chi connectivity index (χ0v) is 13.1. The second-order valence-corrected chi connectivity index (χ2v) is 6.30. The molecule has 1 aliphatic carbocycles. The molecule has 0 saturated carbocycles. The van der Waals surface area contributed by atoms with E-state index in [0.717, 1.165) is 6.42 Å². The molecule has 0 aromatic heterocycles. The van der Waals surface area contributed by atoms with Crippen molar-refractivity contribution in [2.45, 2.75) is 38.8 Å². The van der Waals surface area contributed by atoms with Gasteiger partial charge >= 0.3 is 0 Å². The Morgan fingerprint density at radius 1 is 1.00 bits per heavy atom. The van der Waals surface area contributed by atoms with Gasteiger partial charge in [-0.2, -0.15) is 0 Å². The summed E-state index contributed by atoms with van der Waals surface area (Å²) in [6.07, 6.45) is 7.31. The Kier molecular flexibility index (Phi) is 5.63. The van der Waals surface area contributed by atoms with E-state index in [1.54, 1.807) is 6.08 Å². The van der Waals surface area contributed by atoms with Crippen molar-refractivity contribution in [2.24, 2.45) is 17.8 Å². The van der Waals surface area contributed by atoms with Gasteiger partial charge in [0.2, 0.25) is 0 Å². The summed E-state index contributed by atoms with van der Waals surface area (Å²) in [6.45, 7) is 4.52. The van der Waals surface area contributed by atoms with E-state index in [1.165, 1.54) is 0 Å². The van der Waals surface area contributed by atoms with Gasteiger partial charge in [-0.3, -0.25) is 0 Å². The number of allylic oxidation sites excluding steroid dienone is 3. The zero-order chi connectivity index (χ0) is 15.4. The molecule has 3 aliphatic rings. The van der Waals surface area contributed by atoms with Crippen molar-refractivity contribution in [2.75, 3.05) is 26.4 Å².